The standard InChI is InChI=1S/C8H10N2OS/c1-6-4-2-3-5-7(6)9-10-8(11)12/h2-5,9H,1H3,(H2,10,11,12). The van der Waals surface area contributed by atoms with Gasteiger partial charge in [-0.1, -0.05) is 30.8 Å². The number of hydrogen-bond acceptors (Lipinski definition) is 2. The summed E-state index contributed by atoms with van der Waals surface area (Å²) in [4.78, 5) is 10.4. The van der Waals surface area contributed by atoms with E-state index in [2.05, 4.69) is 23.5 Å². The number of nitrogens with one attached hydrogen (secondary N) is 2. The zero-order valence-electron chi connectivity index (χ0n) is 6.66. The summed E-state index contributed by atoms with van der Waals surface area (Å²) >= 11 is 3.55. The van der Waals surface area contributed by atoms with Crippen LogP contribution < -0.4 is 10.9 Å². The van der Waals surface area contributed by atoms with Gasteiger partial charge in [-0.2, -0.15) is 0 Å². The summed E-state index contributed by atoms with van der Waals surface area (Å²) < 4.78 is 0. The molecular weight excluding hydrogens is 172 g/mol. The molecule has 0 bridgehead atoms. The van der Waals surface area contributed by atoms with Crippen LogP contribution in [0.2, 0.25) is 0 Å². The maximum Gasteiger partial charge on any atom is 0.294 e. The molecule has 0 saturated heterocycles. The molecule has 3 nitrogen and oxygen atoms in total. The molecule has 12 heavy (non-hydrogen) atoms. The molecule has 0 radical (unpaired) electrons. The van der Waals surface area contributed by atoms with Gasteiger partial charge in [0.15, 0.2) is 0 Å². The molecule has 1 aromatic rings. The molecule has 0 aliphatic heterocycles. The largest absolute Gasteiger partial charge is 0.298 e. The van der Waals surface area contributed by atoms with Crippen LogP contribution in [0.5, 0.6) is 0 Å². The van der Waals surface area contributed by atoms with E-state index in [4.69, 9.17) is 0 Å². The van der Waals surface area contributed by atoms with E-state index < -0.39 is 5.24 Å². The number of carbonyl (C=O) groups excluding carboxylic acids is 1. The number of rotatable bonds is 2. The van der Waals surface area contributed by atoms with Crippen molar-refractivity contribution < 1.29 is 4.79 Å². The maximum atomic E-state index is 10.4. The Balaban J connectivity index is 2.63. The Labute approximate surface area is 76.5 Å². The first kappa shape index (κ1) is 8.93. The third kappa shape index (κ3) is 2.47. The van der Waals surface area contributed by atoms with Gasteiger partial charge in [-0.3, -0.25) is 15.6 Å². The second-order valence-electron chi connectivity index (χ2n) is 2.37. The lowest BCUT2D eigenvalue weighted by atomic mass is 10.2. The second-order valence-corrected chi connectivity index (χ2v) is 2.78. The summed E-state index contributed by atoms with van der Waals surface area (Å²) in [5.74, 6) is 0. The third-order valence-corrected chi connectivity index (χ3v) is 1.56. The van der Waals surface area contributed by atoms with Crippen LogP contribution in [-0.4, -0.2) is 5.24 Å². The van der Waals surface area contributed by atoms with Crippen LogP contribution >= 0.6 is 12.6 Å². The number of amides is 1. The number of carbonyl (C=O) groups is 1. The summed E-state index contributed by atoms with van der Waals surface area (Å²) in [6, 6.07) is 7.65. The molecule has 4 heteroatoms. The molecule has 0 aliphatic rings. The fourth-order valence-electron chi connectivity index (χ4n) is 0.834. The highest BCUT2D eigenvalue weighted by molar-refractivity contribution is 7.96. The van der Waals surface area contributed by atoms with Crippen LogP contribution in [0, 0.1) is 6.92 Å². The molecule has 0 fully saturated rings. The van der Waals surface area contributed by atoms with Crippen molar-refractivity contribution in [2.24, 2.45) is 0 Å². The number of hydrazine groups is 1. The first-order chi connectivity index (χ1) is 5.70. The number of anilines is 1. The number of thiol groups is 1. The first-order valence-electron chi connectivity index (χ1n) is 3.51. The van der Waals surface area contributed by atoms with Crippen LogP contribution in [0.3, 0.4) is 0 Å². The van der Waals surface area contributed by atoms with Gasteiger partial charge in [-0.15, -0.1) is 0 Å². The van der Waals surface area contributed by atoms with Crippen molar-refractivity contribution >= 4 is 23.6 Å². The van der Waals surface area contributed by atoms with Gasteiger partial charge in [0.2, 0.25) is 0 Å². The quantitative estimate of drug-likeness (QED) is 0.483. The Bertz CT molecular complexity index is 288. The SMILES string of the molecule is Cc1ccccc1NNC(=O)S. The molecule has 0 aromatic heterocycles. The topological polar surface area (TPSA) is 41.1 Å². The summed E-state index contributed by atoms with van der Waals surface area (Å²) in [5.41, 5.74) is 7.06. The van der Waals surface area contributed by atoms with Gasteiger partial charge < -0.3 is 0 Å². The van der Waals surface area contributed by atoms with E-state index in [1.54, 1.807) is 0 Å². The molecule has 0 heterocycles. The van der Waals surface area contributed by atoms with Gasteiger partial charge in [0.05, 0.1) is 5.69 Å². The lowest BCUT2D eigenvalue weighted by Crippen LogP contribution is -2.24. The van der Waals surface area contributed by atoms with Crippen molar-refractivity contribution in [3.05, 3.63) is 29.8 Å². The zero-order chi connectivity index (χ0) is 8.97. The van der Waals surface area contributed by atoms with Crippen molar-refractivity contribution in [2.45, 2.75) is 6.92 Å². The molecule has 1 rings (SSSR count). The van der Waals surface area contributed by atoms with Gasteiger partial charge in [-0.25, -0.2) is 0 Å². The summed E-state index contributed by atoms with van der Waals surface area (Å²) in [6.07, 6.45) is 0. The molecule has 0 saturated carbocycles. The van der Waals surface area contributed by atoms with E-state index in [1.165, 1.54) is 0 Å². The van der Waals surface area contributed by atoms with Gasteiger partial charge in [0.1, 0.15) is 0 Å². The van der Waals surface area contributed by atoms with Gasteiger partial charge in [0, 0.05) is 0 Å². The Kier molecular flexibility index (Phi) is 2.99. The van der Waals surface area contributed by atoms with Gasteiger partial charge in [-0.05, 0) is 18.6 Å². The molecule has 2 N–H and O–H groups in total. The van der Waals surface area contributed by atoms with Crippen LogP contribution in [0.25, 0.3) is 0 Å². The van der Waals surface area contributed by atoms with E-state index in [0.29, 0.717) is 0 Å². The third-order valence-electron chi connectivity index (χ3n) is 1.45. The van der Waals surface area contributed by atoms with Crippen molar-refractivity contribution in [2.75, 3.05) is 5.43 Å². The average molecular weight is 182 g/mol. The molecule has 0 aliphatic carbocycles. The molecule has 0 unspecified atom stereocenters. The number of benzene rings is 1. The summed E-state index contributed by atoms with van der Waals surface area (Å²) in [6.45, 7) is 1.95. The predicted molar refractivity (Wildman–Crippen MR) is 52.3 cm³/mol. The lowest BCUT2D eigenvalue weighted by molar-refractivity contribution is 0.262. The molecule has 64 valence electrons. The van der Waals surface area contributed by atoms with Crippen molar-refractivity contribution in [1.29, 1.82) is 0 Å². The smallest absolute Gasteiger partial charge is 0.294 e. The first-order valence-corrected chi connectivity index (χ1v) is 3.95. The van der Waals surface area contributed by atoms with E-state index >= 15 is 0 Å². The fraction of sp³-hybridized carbons (Fsp3) is 0.125. The minimum absolute atomic E-state index is 0.404. The van der Waals surface area contributed by atoms with E-state index in [0.717, 1.165) is 11.3 Å². The van der Waals surface area contributed by atoms with Crippen LogP contribution in [0.1, 0.15) is 5.56 Å². The lowest BCUT2D eigenvalue weighted by Gasteiger charge is -2.07. The Morgan fingerprint density at radius 1 is 1.42 bits per heavy atom. The van der Waals surface area contributed by atoms with E-state index in [-0.39, 0.29) is 0 Å². The highest BCUT2D eigenvalue weighted by atomic mass is 32.1. The second kappa shape index (κ2) is 4.01. The minimum Gasteiger partial charge on any atom is -0.298 e. The predicted octanol–water partition coefficient (Wildman–Crippen LogP) is 1.96. The van der Waals surface area contributed by atoms with E-state index in [1.807, 2.05) is 31.2 Å². The highest BCUT2D eigenvalue weighted by Gasteiger charge is 1.95. The van der Waals surface area contributed by atoms with Crippen molar-refractivity contribution in [1.82, 2.24) is 5.43 Å². The van der Waals surface area contributed by atoms with E-state index in [9.17, 15) is 4.79 Å². The van der Waals surface area contributed by atoms with Crippen LogP contribution in [-0.2, 0) is 0 Å². The van der Waals surface area contributed by atoms with Gasteiger partial charge in [0.25, 0.3) is 5.24 Å². The van der Waals surface area contributed by atoms with Crippen LogP contribution in [0.15, 0.2) is 24.3 Å². The maximum absolute atomic E-state index is 10.4. The monoisotopic (exact) mass is 182 g/mol. The molecule has 1 amide bonds. The average Bonchev–Trinajstić information content (AvgIpc) is 2.03. The summed E-state index contributed by atoms with van der Waals surface area (Å²) in [7, 11) is 0. The Morgan fingerprint density at radius 3 is 2.67 bits per heavy atom. The molecular formula is C8H10N2OS. The Morgan fingerprint density at radius 2 is 2.08 bits per heavy atom. The fourth-order valence-corrected chi connectivity index (χ4v) is 0.890. The molecule has 0 atom stereocenters. The number of aryl methyl sites for hydroxylation is 1. The van der Waals surface area contributed by atoms with Crippen LogP contribution in [0.4, 0.5) is 10.5 Å². The zero-order valence-corrected chi connectivity index (χ0v) is 7.56. The number of hydrogen-bond donors (Lipinski definition) is 3. The number of para-hydroxylation sites is 1. The summed E-state index contributed by atoms with van der Waals surface area (Å²) in [5, 5.41) is -0.404. The highest BCUT2D eigenvalue weighted by Crippen LogP contribution is 2.11. The van der Waals surface area contributed by atoms with Gasteiger partial charge >= 0.3 is 0 Å². The van der Waals surface area contributed by atoms with Crippen molar-refractivity contribution in [3.63, 3.8) is 0 Å². The normalized spacial score (nSPS) is 9.17. The Hall–Kier alpha value is -1.16. The molecule has 0 spiro atoms. The minimum atomic E-state index is -0.404. The van der Waals surface area contributed by atoms with Crippen molar-refractivity contribution in [3.8, 4) is 0 Å². The molecule has 1 aromatic carbocycles.